The van der Waals surface area contributed by atoms with Gasteiger partial charge in [-0.15, -0.1) is 0 Å². The maximum absolute atomic E-state index is 13.0. The molecule has 4 amide bonds. The maximum Gasteiger partial charge on any atom is 0.338 e. The Morgan fingerprint density at radius 3 is 2.31 bits per heavy atom. The van der Waals surface area contributed by atoms with Crippen LogP contribution in [0.25, 0.3) is 0 Å². The summed E-state index contributed by atoms with van der Waals surface area (Å²) in [5.74, 6) is -2.11. The van der Waals surface area contributed by atoms with Crippen molar-refractivity contribution >= 4 is 46.8 Å². The normalized spacial score (nSPS) is 13.2. The van der Waals surface area contributed by atoms with E-state index in [9.17, 15) is 24.0 Å². The van der Waals surface area contributed by atoms with Crippen molar-refractivity contribution in [1.82, 2.24) is 5.16 Å². The van der Waals surface area contributed by atoms with Gasteiger partial charge < -0.3 is 19.9 Å². The lowest BCUT2D eigenvalue weighted by Crippen LogP contribution is -2.32. The molecule has 0 radical (unpaired) electrons. The fourth-order valence-corrected chi connectivity index (χ4v) is 3.65. The number of imide groups is 1. The van der Waals surface area contributed by atoms with Crippen LogP contribution in [-0.4, -0.2) is 40.9 Å². The lowest BCUT2D eigenvalue weighted by molar-refractivity contribution is -0.124. The Morgan fingerprint density at radius 2 is 1.69 bits per heavy atom. The van der Waals surface area contributed by atoms with Crippen LogP contribution in [0.15, 0.2) is 53.1 Å². The first-order valence-electron chi connectivity index (χ1n) is 11.0. The molecule has 184 valence electrons. The third-order valence-electron chi connectivity index (χ3n) is 5.36. The minimum atomic E-state index is -1.11. The molecule has 1 aliphatic rings. The quantitative estimate of drug-likeness (QED) is 0.379. The molecule has 2 aromatic carbocycles. The molecule has 2 heterocycles. The number of hydrogen-bond acceptors (Lipinski definition) is 8. The molecule has 4 rings (SSSR count). The molecular formula is C25H22N4O7. The van der Waals surface area contributed by atoms with Crippen molar-refractivity contribution in [3.05, 3.63) is 71.0 Å². The topological polar surface area (TPSA) is 148 Å². The predicted molar refractivity (Wildman–Crippen MR) is 128 cm³/mol. The van der Waals surface area contributed by atoms with E-state index >= 15 is 0 Å². The van der Waals surface area contributed by atoms with Crippen LogP contribution in [0.5, 0.6) is 0 Å². The molecule has 0 saturated heterocycles. The highest BCUT2D eigenvalue weighted by Crippen LogP contribution is 2.30. The van der Waals surface area contributed by atoms with Gasteiger partial charge >= 0.3 is 5.97 Å². The number of carbonyl (C=O) groups excluding carboxylic acids is 5. The smallest absolute Gasteiger partial charge is 0.338 e. The number of esters is 1. The average Bonchev–Trinajstić information content (AvgIpc) is 3.37. The number of carbonyl (C=O) groups is 5. The van der Waals surface area contributed by atoms with Crippen LogP contribution >= 0.6 is 0 Å². The van der Waals surface area contributed by atoms with Gasteiger partial charge in [0.05, 0.1) is 22.4 Å². The Morgan fingerprint density at radius 1 is 1.00 bits per heavy atom. The van der Waals surface area contributed by atoms with Gasteiger partial charge in [0, 0.05) is 18.7 Å². The van der Waals surface area contributed by atoms with E-state index < -0.39 is 29.8 Å². The number of fused-ring (bicyclic) bond motifs is 1. The summed E-state index contributed by atoms with van der Waals surface area (Å²) < 4.78 is 10.3. The zero-order valence-corrected chi connectivity index (χ0v) is 19.7. The van der Waals surface area contributed by atoms with Crippen LogP contribution < -0.4 is 15.5 Å². The van der Waals surface area contributed by atoms with Gasteiger partial charge in [-0.05, 0) is 55.8 Å². The van der Waals surface area contributed by atoms with E-state index in [-0.39, 0.29) is 34.8 Å². The van der Waals surface area contributed by atoms with E-state index in [1.165, 1.54) is 43.3 Å². The van der Waals surface area contributed by atoms with Gasteiger partial charge in [-0.3, -0.25) is 19.2 Å². The van der Waals surface area contributed by atoms with Crippen LogP contribution in [-0.2, 0) is 14.3 Å². The second-order valence-corrected chi connectivity index (χ2v) is 8.05. The molecule has 1 unspecified atom stereocenters. The third-order valence-corrected chi connectivity index (χ3v) is 5.36. The zero-order valence-electron chi connectivity index (χ0n) is 19.7. The van der Waals surface area contributed by atoms with Crippen molar-refractivity contribution in [2.45, 2.75) is 33.3 Å². The highest BCUT2D eigenvalue weighted by molar-refractivity contribution is 6.34. The first kappa shape index (κ1) is 24.3. The Kier molecular flexibility index (Phi) is 6.64. The second-order valence-electron chi connectivity index (χ2n) is 8.05. The van der Waals surface area contributed by atoms with Crippen molar-refractivity contribution < 1.29 is 33.2 Å². The van der Waals surface area contributed by atoms with Crippen LogP contribution in [0, 0.1) is 6.92 Å². The SMILES string of the molecule is CCC(OC(=O)c1ccc2c(c1)C(=O)N(c1ccc(NC(C)=O)cc1)C2=O)C(=O)Nc1cc(C)on1. The second kappa shape index (κ2) is 9.82. The van der Waals surface area contributed by atoms with E-state index in [0.717, 1.165) is 4.90 Å². The first-order chi connectivity index (χ1) is 17.2. The van der Waals surface area contributed by atoms with E-state index in [1.54, 1.807) is 26.0 Å². The van der Waals surface area contributed by atoms with Gasteiger partial charge in [0.25, 0.3) is 17.7 Å². The van der Waals surface area contributed by atoms with Gasteiger partial charge in [0.1, 0.15) is 5.76 Å². The van der Waals surface area contributed by atoms with Crippen LogP contribution in [0.3, 0.4) is 0 Å². The molecule has 0 aliphatic carbocycles. The van der Waals surface area contributed by atoms with Crippen molar-refractivity contribution in [2.24, 2.45) is 0 Å². The van der Waals surface area contributed by atoms with Gasteiger partial charge in [0.2, 0.25) is 5.91 Å². The fraction of sp³-hybridized carbons (Fsp3) is 0.200. The minimum absolute atomic E-state index is 0.0151. The van der Waals surface area contributed by atoms with Gasteiger partial charge in [-0.1, -0.05) is 12.1 Å². The molecule has 2 N–H and O–H groups in total. The third kappa shape index (κ3) is 4.85. The highest BCUT2D eigenvalue weighted by atomic mass is 16.5. The summed E-state index contributed by atoms with van der Waals surface area (Å²) in [6.07, 6.45) is -0.919. The van der Waals surface area contributed by atoms with E-state index in [4.69, 9.17) is 9.26 Å². The lowest BCUT2D eigenvalue weighted by Gasteiger charge is -2.15. The summed E-state index contributed by atoms with van der Waals surface area (Å²) in [4.78, 5) is 63.4. The number of rotatable bonds is 7. The van der Waals surface area contributed by atoms with E-state index in [0.29, 0.717) is 17.1 Å². The number of hydrogen-bond donors (Lipinski definition) is 2. The molecule has 0 spiro atoms. The predicted octanol–water partition coefficient (Wildman–Crippen LogP) is 3.32. The average molecular weight is 490 g/mol. The van der Waals surface area contributed by atoms with Crippen molar-refractivity contribution in [3.8, 4) is 0 Å². The van der Waals surface area contributed by atoms with Gasteiger partial charge in [0.15, 0.2) is 11.9 Å². The monoisotopic (exact) mass is 490 g/mol. The largest absolute Gasteiger partial charge is 0.449 e. The Balaban J connectivity index is 1.49. The Bertz CT molecular complexity index is 1380. The number of ether oxygens (including phenoxy) is 1. The molecule has 1 aromatic heterocycles. The molecule has 1 atom stereocenters. The molecule has 36 heavy (non-hydrogen) atoms. The number of aryl methyl sites for hydroxylation is 1. The summed E-state index contributed by atoms with van der Waals surface area (Å²) >= 11 is 0. The number of benzene rings is 2. The highest BCUT2D eigenvalue weighted by Gasteiger charge is 2.37. The summed E-state index contributed by atoms with van der Waals surface area (Å²) in [6.45, 7) is 4.71. The zero-order chi connectivity index (χ0) is 26.0. The van der Waals surface area contributed by atoms with E-state index in [1.807, 2.05) is 0 Å². The van der Waals surface area contributed by atoms with Crippen LogP contribution in [0.2, 0.25) is 0 Å². The van der Waals surface area contributed by atoms with Gasteiger partial charge in [-0.2, -0.15) is 0 Å². The number of nitrogens with zero attached hydrogens (tertiary/aromatic N) is 2. The first-order valence-corrected chi connectivity index (χ1v) is 11.0. The minimum Gasteiger partial charge on any atom is -0.449 e. The molecule has 0 fully saturated rings. The Labute approximate surface area is 205 Å². The lowest BCUT2D eigenvalue weighted by atomic mass is 10.1. The number of aromatic nitrogens is 1. The number of nitrogens with one attached hydrogen (secondary N) is 2. The van der Waals surface area contributed by atoms with Crippen molar-refractivity contribution in [2.75, 3.05) is 15.5 Å². The van der Waals surface area contributed by atoms with Crippen LogP contribution in [0.1, 0.15) is 57.1 Å². The molecule has 0 saturated carbocycles. The van der Waals surface area contributed by atoms with Crippen molar-refractivity contribution in [1.29, 1.82) is 0 Å². The molecule has 11 nitrogen and oxygen atoms in total. The van der Waals surface area contributed by atoms with E-state index in [2.05, 4.69) is 15.8 Å². The van der Waals surface area contributed by atoms with Gasteiger partial charge in [-0.25, -0.2) is 9.69 Å². The fourth-order valence-electron chi connectivity index (χ4n) is 3.65. The van der Waals surface area contributed by atoms with Crippen LogP contribution in [0.4, 0.5) is 17.2 Å². The maximum atomic E-state index is 13.0. The molecule has 3 aromatic rings. The molecule has 11 heteroatoms. The number of amides is 4. The summed E-state index contributed by atoms with van der Waals surface area (Å²) in [5.41, 5.74) is 1.01. The standard InChI is InChI=1S/C25H22N4O7/c1-4-20(22(31)27-21-11-13(2)36-28-21)35-25(34)15-5-10-18-19(12-15)24(33)29(23(18)32)17-8-6-16(7-9-17)26-14(3)30/h5-12,20H,4H2,1-3H3,(H,26,30)(H,27,28,31). The number of anilines is 3. The summed E-state index contributed by atoms with van der Waals surface area (Å²) in [5, 5.41) is 8.80. The molecule has 1 aliphatic heterocycles. The van der Waals surface area contributed by atoms with Crippen molar-refractivity contribution in [3.63, 3.8) is 0 Å². The summed E-state index contributed by atoms with van der Waals surface area (Å²) in [7, 11) is 0. The molecule has 0 bridgehead atoms. The molecular weight excluding hydrogens is 468 g/mol. The summed E-state index contributed by atoms with van der Waals surface area (Å²) in [6, 6.07) is 11.7. The Hall–Kier alpha value is -4.80.